The van der Waals surface area contributed by atoms with Gasteiger partial charge in [-0.15, -0.1) is 11.6 Å². The maximum atomic E-state index is 5.89. The van der Waals surface area contributed by atoms with Crippen LogP contribution in [0.5, 0.6) is 5.75 Å². The van der Waals surface area contributed by atoms with Gasteiger partial charge in [0.15, 0.2) is 5.75 Å². The summed E-state index contributed by atoms with van der Waals surface area (Å²) in [5, 5.41) is 1.32. The third-order valence-electron chi connectivity index (χ3n) is 1.49. The summed E-state index contributed by atoms with van der Waals surface area (Å²) in [5.41, 5.74) is 0. The van der Waals surface area contributed by atoms with Gasteiger partial charge in [0.1, 0.15) is 0 Å². The van der Waals surface area contributed by atoms with Crippen LogP contribution in [-0.2, 0) is 0 Å². The van der Waals surface area contributed by atoms with E-state index < -0.39 is 0 Å². The Labute approximate surface area is 103 Å². The van der Waals surface area contributed by atoms with E-state index >= 15 is 0 Å². The van der Waals surface area contributed by atoms with Gasteiger partial charge >= 0.3 is 0 Å². The number of hydrogen-bond donors (Lipinski definition) is 0. The molecule has 14 heavy (non-hydrogen) atoms. The predicted molar refractivity (Wildman–Crippen MR) is 62.3 cm³/mol. The van der Waals surface area contributed by atoms with E-state index in [0.717, 1.165) is 6.42 Å². The lowest BCUT2D eigenvalue weighted by molar-refractivity contribution is 0.319. The Balaban J connectivity index is 2.75. The molecule has 0 unspecified atom stereocenters. The van der Waals surface area contributed by atoms with Crippen molar-refractivity contribution in [1.29, 1.82) is 0 Å². The van der Waals surface area contributed by atoms with E-state index in [4.69, 9.17) is 51.1 Å². The summed E-state index contributed by atoms with van der Waals surface area (Å²) >= 11 is 23.0. The van der Waals surface area contributed by atoms with E-state index in [-0.39, 0.29) is 0 Å². The molecule has 0 fully saturated rings. The van der Waals surface area contributed by atoms with E-state index in [1.54, 1.807) is 12.1 Å². The maximum Gasteiger partial charge on any atom is 0.156 e. The van der Waals surface area contributed by atoms with Gasteiger partial charge in [0, 0.05) is 10.9 Å². The van der Waals surface area contributed by atoms with Crippen molar-refractivity contribution in [3.05, 3.63) is 27.2 Å². The SMILES string of the molecule is ClCCCOc1c(Cl)cc(Cl)cc1Cl. The summed E-state index contributed by atoms with van der Waals surface area (Å²) < 4.78 is 5.36. The van der Waals surface area contributed by atoms with E-state index in [1.165, 1.54) is 0 Å². The molecule has 78 valence electrons. The Hall–Kier alpha value is 0.180. The van der Waals surface area contributed by atoms with Crippen molar-refractivity contribution < 1.29 is 4.74 Å². The van der Waals surface area contributed by atoms with Crippen LogP contribution in [0.15, 0.2) is 12.1 Å². The molecule has 0 amide bonds. The zero-order valence-corrected chi connectivity index (χ0v) is 10.2. The first-order valence-corrected chi connectivity index (χ1v) is 5.65. The predicted octanol–water partition coefficient (Wildman–Crippen LogP) is 4.65. The number of rotatable bonds is 4. The van der Waals surface area contributed by atoms with Crippen molar-refractivity contribution in [1.82, 2.24) is 0 Å². The molecule has 0 saturated heterocycles. The van der Waals surface area contributed by atoms with Crippen LogP contribution < -0.4 is 4.74 Å². The molecule has 0 aliphatic heterocycles. The second-order valence-electron chi connectivity index (χ2n) is 2.59. The summed E-state index contributed by atoms with van der Waals surface area (Å²) in [5.74, 6) is 1.01. The third kappa shape index (κ3) is 3.39. The lowest BCUT2D eigenvalue weighted by Gasteiger charge is -2.09. The molecule has 0 aliphatic rings. The van der Waals surface area contributed by atoms with E-state index in [9.17, 15) is 0 Å². The molecule has 1 aromatic carbocycles. The minimum absolute atomic E-state index is 0.414. The van der Waals surface area contributed by atoms with Crippen LogP contribution in [0.1, 0.15) is 6.42 Å². The van der Waals surface area contributed by atoms with Gasteiger partial charge in [-0.2, -0.15) is 0 Å². The van der Waals surface area contributed by atoms with Crippen LogP contribution in [0.4, 0.5) is 0 Å². The lowest BCUT2D eigenvalue weighted by Crippen LogP contribution is -1.98. The Morgan fingerprint density at radius 3 is 2.14 bits per heavy atom. The first kappa shape index (κ1) is 12.3. The summed E-state index contributed by atoms with van der Waals surface area (Å²) in [6.07, 6.45) is 0.747. The van der Waals surface area contributed by atoms with Gasteiger partial charge in [-0.1, -0.05) is 34.8 Å². The average Bonchev–Trinajstić information content (AvgIpc) is 2.09. The van der Waals surface area contributed by atoms with Crippen molar-refractivity contribution >= 4 is 46.4 Å². The Morgan fingerprint density at radius 2 is 1.64 bits per heavy atom. The summed E-state index contributed by atoms with van der Waals surface area (Å²) in [7, 11) is 0. The number of benzene rings is 1. The lowest BCUT2D eigenvalue weighted by atomic mass is 10.3. The van der Waals surface area contributed by atoms with Gasteiger partial charge in [-0.25, -0.2) is 0 Å². The molecule has 0 N–H and O–H groups in total. The van der Waals surface area contributed by atoms with Gasteiger partial charge in [-0.05, 0) is 18.6 Å². The Morgan fingerprint density at radius 1 is 1.07 bits per heavy atom. The van der Waals surface area contributed by atoms with Crippen molar-refractivity contribution in [2.24, 2.45) is 0 Å². The van der Waals surface area contributed by atoms with Crippen molar-refractivity contribution in [2.45, 2.75) is 6.42 Å². The molecule has 0 spiro atoms. The van der Waals surface area contributed by atoms with Gasteiger partial charge in [0.2, 0.25) is 0 Å². The topological polar surface area (TPSA) is 9.23 Å². The highest BCUT2D eigenvalue weighted by atomic mass is 35.5. The molecule has 0 aliphatic carbocycles. The molecule has 1 nitrogen and oxygen atoms in total. The molecule has 0 atom stereocenters. The summed E-state index contributed by atoms with van der Waals surface area (Å²) in [6.45, 7) is 0.491. The average molecular weight is 274 g/mol. The minimum atomic E-state index is 0.414. The van der Waals surface area contributed by atoms with Crippen LogP contribution in [0, 0.1) is 0 Å². The van der Waals surface area contributed by atoms with Crippen molar-refractivity contribution in [3.63, 3.8) is 0 Å². The highest BCUT2D eigenvalue weighted by Gasteiger charge is 2.08. The van der Waals surface area contributed by atoms with E-state index in [0.29, 0.717) is 33.3 Å². The molecule has 1 rings (SSSR count). The van der Waals surface area contributed by atoms with Crippen LogP contribution in [-0.4, -0.2) is 12.5 Å². The van der Waals surface area contributed by atoms with Gasteiger partial charge in [-0.3, -0.25) is 0 Å². The van der Waals surface area contributed by atoms with Gasteiger partial charge in [0.25, 0.3) is 0 Å². The zero-order chi connectivity index (χ0) is 10.6. The maximum absolute atomic E-state index is 5.89. The first-order valence-electron chi connectivity index (χ1n) is 3.98. The largest absolute Gasteiger partial charge is 0.490 e. The summed E-state index contributed by atoms with van der Waals surface area (Å²) in [6, 6.07) is 3.18. The highest BCUT2D eigenvalue weighted by molar-refractivity contribution is 6.40. The van der Waals surface area contributed by atoms with Crippen LogP contribution >= 0.6 is 46.4 Å². The Kier molecular flexibility index (Phi) is 5.18. The second-order valence-corrected chi connectivity index (χ2v) is 4.22. The highest BCUT2D eigenvalue weighted by Crippen LogP contribution is 2.35. The normalized spacial score (nSPS) is 10.3. The smallest absolute Gasteiger partial charge is 0.156 e. The van der Waals surface area contributed by atoms with Gasteiger partial charge in [0.05, 0.1) is 16.7 Å². The molecule has 5 heteroatoms. The molecular weight excluding hydrogens is 266 g/mol. The fraction of sp³-hybridized carbons (Fsp3) is 0.333. The minimum Gasteiger partial charge on any atom is -0.490 e. The molecular formula is C9H8Cl4O. The number of halogens is 4. The molecule has 0 heterocycles. The molecule has 0 radical (unpaired) electrons. The zero-order valence-electron chi connectivity index (χ0n) is 7.20. The van der Waals surface area contributed by atoms with Crippen LogP contribution in [0.3, 0.4) is 0 Å². The third-order valence-corrected chi connectivity index (χ3v) is 2.53. The fourth-order valence-corrected chi connectivity index (χ4v) is 1.93. The van der Waals surface area contributed by atoms with Crippen LogP contribution in [0.25, 0.3) is 0 Å². The van der Waals surface area contributed by atoms with Crippen molar-refractivity contribution in [2.75, 3.05) is 12.5 Å². The number of hydrogen-bond acceptors (Lipinski definition) is 1. The first-order chi connectivity index (χ1) is 6.65. The summed E-state index contributed by atoms with van der Waals surface area (Å²) in [4.78, 5) is 0. The molecule has 0 aromatic heterocycles. The van der Waals surface area contributed by atoms with E-state index in [1.807, 2.05) is 0 Å². The number of ether oxygens (including phenoxy) is 1. The fourth-order valence-electron chi connectivity index (χ4n) is 0.896. The monoisotopic (exact) mass is 272 g/mol. The second kappa shape index (κ2) is 5.92. The standard InChI is InChI=1S/C9H8Cl4O/c10-2-1-3-14-9-7(12)4-6(11)5-8(9)13/h4-5H,1-3H2. The Bertz CT molecular complexity index is 291. The quantitative estimate of drug-likeness (QED) is 0.573. The molecule has 0 bridgehead atoms. The number of alkyl halides is 1. The van der Waals surface area contributed by atoms with E-state index in [2.05, 4.69) is 0 Å². The van der Waals surface area contributed by atoms with Gasteiger partial charge < -0.3 is 4.74 Å². The van der Waals surface area contributed by atoms with Crippen LogP contribution in [0.2, 0.25) is 15.1 Å². The molecule has 0 saturated carbocycles. The van der Waals surface area contributed by atoms with Crippen molar-refractivity contribution in [3.8, 4) is 5.75 Å². The molecule has 1 aromatic rings.